The molecular formula is C11H14FN5O4. The molecule has 0 unspecified atom stereocenters. The van der Waals surface area contributed by atoms with Crippen molar-refractivity contribution in [1.82, 2.24) is 19.5 Å². The minimum atomic E-state index is -2.19. The van der Waals surface area contributed by atoms with E-state index in [-0.39, 0.29) is 17.1 Å². The number of rotatable bonds is 2. The molecule has 0 aromatic carbocycles. The molecule has 10 heteroatoms. The van der Waals surface area contributed by atoms with E-state index >= 15 is 0 Å². The van der Waals surface area contributed by atoms with Crippen LogP contribution in [0.2, 0.25) is 0 Å². The van der Waals surface area contributed by atoms with Gasteiger partial charge in [0.2, 0.25) is 5.95 Å². The van der Waals surface area contributed by atoms with Crippen LogP contribution in [0.15, 0.2) is 11.1 Å². The van der Waals surface area contributed by atoms with Crippen molar-refractivity contribution in [2.75, 3.05) is 12.3 Å². The molecule has 4 atom stereocenters. The molecule has 9 nitrogen and oxygen atoms in total. The molecule has 0 spiro atoms. The number of nitrogens with one attached hydrogen (secondary N) is 1. The molecule has 2 aromatic rings. The van der Waals surface area contributed by atoms with Crippen LogP contribution >= 0.6 is 0 Å². The first kappa shape index (κ1) is 13.9. The zero-order chi connectivity index (χ0) is 15.4. The number of aromatic nitrogens is 4. The minimum absolute atomic E-state index is 0.0226. The summed E-state index contributed by atoms with van der Waals surface area (Å²) in [7, 11) is 0. The van der Waals surface area contributed by atoms with Crippen molar-refractivity contribution in [2.45, 2.75) is 31.0 Å². The largest absolute Gasteiger partial charge is 0.394 e. The monoisotopic (exact) mass is 299 g/mol. The van der Waals surface area contributed by atoms with Crippen LogP contribution in [0.25, 0.3) is 11.2 Å². The summed E-state index contributed by atoms with van der Waals surface area (Å²) in [4.78, 5) is 21.7. The van der Waals surface area contributed by atoms with E-state index < -0.39 is 36.3 Å². The summed E-state index contributed by atoms with van der Waals surface area (Å²) in [6.07, 6.45) is -2.71. The lowest BCUT2D eigenvalue weighted by molar-refractivity contribution is -0.0566. The van der Waals surface area contributed by atoms with E-state index in [1.807, 2.05) is 0 Å². The van der Waals surface area contributed by atoms with E-state index in [2.05, 4.69) is 15.0 Å². The number of aliphatic hydroxyl groups is 2. The lowest BCUT2D eigenvalue weighted by atomic mass is 9.99. The van der Waals surface area contributed by atoms with Gasteiger partial charge in [-0.15, -0.1) is 0 Å². The lowest BCUT2D eigenvalue weighted by Gasteiger charge is -2.24. The number of imidazole rings is 1. The molecule has 0 radical (unpaired) electrons. The first-order chi connectivity index (χ1) is 9.86. The number of aliphatic hydroxyl groups excluding tert-OH is 2. The summed E-state index contributed by atoms with van der Waals surface area (Å²) < 4.78 is 21.2. The molecule has 2 aromatic heterocycles. The van der Waals surface area contributed by atoms with Gasteiger partial charge in [-0.05, 0) is 6.92 Å². The van der Waals surface area contributed by atoms with Gasteiger partial charge < -0.3 is 20.7 Å². The number of hydrogen-bond acceptors (Lipinski definition) is 7. The van der Waals surface area contributed by atoms with Crippen molar-refractivity contribution in [1.29, 1.82) is 0 Å². The Labute approximate surface area is 117 Å². The van der Waals surface area contributed by atoms with E-state index in [0.717, 1.165) is 6.92 Å². The number of nitrogens with two attached hydrogens (primary N) is 1. The van der Waals surface area contributed by atoms with Gasteiger partial charge >= 0.3 is 0 Å². The van der Waals surface area contributed by atoms with Gasteiger partial charge in [0, 0.05) is 0 Å². The van der Waals surface area contributed by atoms with E-state index in [0.29, 0.717) is 0 Å². The number of nitrogen functional groups attached to an aromatic ring is 1. The molecule has 3 rings (SSSR count). The first-order valence-electron chi connectivity index (χ1n) is 6.22. The second-order valence-electron chi connectivity index (χ2n) is 5.08. The highest BCUT2D eigenvalue weighted by atomic mass is 19.1. The Morgan fingerprint density at radius 1 is 1.67 bits per heavy atom. The maximum atomic E-state index is 14.7. The van der Waals surface area contributed by atoms with Gasteiger partial charge in [0.1, 0.15) is 12.2 Å². The fourth-order valence-corrected chi connectivity index (χ4v) is 2.48. The van der Waals surface area contributed by atoms with E-state index in [1.165, 1.54) is 10.9 Å². The third-order valence-corrected chi connectivity index (χ3v) is 3.60. The molecule has 0 saturated carbocycles. The average molecular weight is 299 g/mol. The molecule has 0 amide bonds. The molecule has 114 valence electrons. The standard InChI is InChI=1S/C11H14FN5O4/c1-11(12)6(19)4(2-18)21-9(11)17-3-14-5-7(17)15-10(13)16-8(5)20/h3-4,6,9,18-19H,2H2,1H3,(H3,13,15,16,20)/t4-,6-,9+,11-/m1/s1. The Bertz CT molecular complexity index is 742. The number of hydrogen-bond donors (Lipinski definition) is 4. The Balaban J connectivity index is 2.15. The number of alkyl halides is 1. The molecule has 1 aliphatic rings. The Kier molecular flexibility index (Phi) is 2.97. The van der Waals surface area contributed by atoms with Crippen molar-refractivity contribution in [3.8, 4) is 0 Å². The molecular weight excluding hydrogens is 285 g/mol. The number of ether oxygens (including phenoxy) is 1. The van der Waals surface area contributed by atoms with Crippen LogP contribution in [0.1, 0.15) is 13.2 Å². The van der Waals surface area contributed by atoms with Crippen molar-refractivity contribution >= 4 is 17.1 Å². The zero-order valence-electron chi connectivity index (χ0n) is 11.0. The smallest absolute Gasteiger partial charge is 0.280 e. The molecule has 3 heterocycles. The Morgan fingerprint density at radius 3 is 3.00 bits per heavy atom. The Hall–Kier alpha value is -2.04. The quantitative estimate of drug-likeness (QED) is 0.539. The van der Waals surface area contributed by atoms with E-state index in [4.69, 9.17) is 15.6 Å². The summed E-state index contributed by atoms with van der Waals surface area (Å²) in [6.45, 7) is 0.598. The van der Waals surface area contributed by atoms with Crippen LogP contribution in [0, 0.1) is 0 Å². The topological polar surface area (TPSA) is 139 Å². The second kappa shape index (κ2) is 4.48. The fourth-order valence-electron chi connectivity index (χ4n) is 2.48. The fraction of sp³-hybridized carbons (Fsp3) is 0.545. The van der Waals surface area contributed by atoms with Crippen molar-refractivity contribution in [3.05, 3.63) is 16.7 Å². The van der Waals surface area contributed by atoms with Gasteiger partial charge in [0.25, 0.3) is 5.56 Å². The maximum absolute atomic E-state index is 14.7. The molecule has 5 N–H and O–H groups in total. The van der Waals surface area contributed by atoms with Crippen LogP contribution in [-0.4, -0.2) is 54.2 Å². The van der Waals surface area contributed by atoms with Crippen LogP contribution in [-0.2, 0) is 4.74 Å². The molecule has 1 saturated heterocycles. The van der Waals surface area contributed by atoms with Gasteiger partial charge in [-0.25, -0.2) is 9.37 Å². The highest BCUT2D eigenvalue weighted by molar-refractivity contribution is 5.70. The summed E-state index contributed by atoms with van der Waals surface area (Å²) >= 11 is 0. The number of fused-ring (bicyclic) bond motifs is 1. The third-order valence-electron chi connectivity index (χ3n) is 3.60. The van der Waals surface area contributed by atoms with Gasteiger partial charge in [-0.1, -0.05) is 0 Å². The minimum Gasteiger partial charge on any atom is -0.394 e. The van der Waals surface area contributed by atoms with Gasteiger partial charge in [-0.3, -0.25) is 14.3 Å². The molecule has 0 bridgehead atoms. The predicted octanol–water partition coefficient (Wildman–Crippen LogP) is -1.32. The number of H-pyrrole nitrogens is 1. The summed E-state index contributed by atoms with van der Waals surface area (Å²) in [6, 6.07) is 0. The number of aromatic amines is 1. The number of halogens is 1. The number of anilines is 1. The Morgan fingerprint density at radius 2 is 2.38 bits per heavy atom. The van der Waals surface area contributed by atoms with Crippen molar-refractivity contribution in [3.63, 3.8) is 0 Å². The second-order valence-corrected chi connectivity index (χ2v) is 5.08. The van der Waals surface area contributed by atoms with Gasteiger partial charge in [0.05, 0.1) is 12.9 Å². The van der Waals surface area contributed by atoms with Crippen LogP contribution < -0.4 is 11.3 Å². The molecule has 0 aliphatic carbocycles. The highest BCUT2D eigenvalue weighted by Crippen LogP contribution is 2.41. The SMILES string of the molecule is C[C@@]1(F)[C@H](O)[C@@H](CO)O[C@@H]1n1cnc2c(=O)[nH]c(N)nc21. The average Bonchev–Trinajstić information content (AvgIpc) is 2.91. The van der Waals surface area contributed by atoms with E-state index in [9.17, 15) is 14.3 Å². The highest BCUT2D eigenvalue weighted by Gasteiger charge is 2.55. The summed E-state index contributed by atoms with van der Waals surface area (Å²) in [5.41, 5.74) is 2.73. The first-order valence-corrected chi connectivity index (χ1v) is 6.22. The predicted molar refractivity (Wildman–Crippen MR) is 69.1 cm³/mol. The normalized spacial score (nSPS) is 32.9. The molecule has 1 aliphatic heterocycles. The van der Waals surface area contributed by atoms with Crippen LogP contribution in [0.3, 0.4) is 0 Å². The van der Waals surface area contributed by atoms with Gasteiger partial charge in [0.15, 0.2) is 23.1 Å². The van der Waals surface area contributed by atoms with Crippen LogP contribution in [0.4, 0.5) is 10.3 Å². The third kappa shape index (κ3) is 1.91. The number of nitrogens with zero attached hydrogens (tertiary/aromatic N) is 3. The van der Waals surface area contributed by atoms with Crippen molar-refractivity contribution < 1.29 is 19.3 Å². The maximum Gasteiger partial charge on any atom is 0.280 e. The van der Waals surface area contributed by atoms with Crippen LogP contribution in [0.5, 0.6) is 0 Å². The van der Waals surface area contributed by atoms with E-state index in [1.54, 1.807) is 0 Å². The zero-order valence-corrected chi connectivity index (χ0v) is 11.0. The molecule has 21 heavy (non-hydrogen) atoms. The molecule has 1 fully saturated rings. The van der Waals surface area contributed by atoms with Crippen molar-refractivity contribution in [2.24, 2.45) is 0 Å². The lowest BCUT2D eigenvalue weighted by Crippen LogP contribution is -2.40. The summed E-state index contributed by atoms with van der Waals surface area (Å²) in [5.74, 6) is -0.146. The summed E-state index contributed by atoms with van der Waals surface area (Å²) in [5, 5.41) is 19.0. The van der Waals surface area contributed by atoms with Gasteiger partial charge in [-0.2, -0.15) is 4.98 Å².